The summed E-state index contributed by atoms with van der Waals surface area (Å²) < 4.78 is 81.0. The fourth-order valence-electron chi connectivity index (χ4n) is 3.17. The number of benzene rings is 2. The summed E-state index contributed by atoms with van der Waals surface area (Å²) in [7, 11) is -4.02. The maximum atomic E-state index is 13.9. The van der Waals surface area contributed by atoms with E-state index in [2.05, 4.69) is 10.1 Å². The summed E-state index contributed by atoms with van der Waals surface area (Å²) in [5.74, 6) is -2.30. The number of piperidine rings is 1. The van der Waals surface area contributed by atoms with Crippen molar-refractivity contribution in [3.8, 4) is 5.75 Å². The average Bonchev–Trinajstić information content (AvgIpc) is 2.67. The molecule has 0 atom stereocenters. The molecule has 1 saturated heterocycles. The summed E-state index contributed by atoms with van der Waals surface area (Å²) in [5, 5.41) is 2.52. The normalized spacial score (nSPS) is 16.3. The van der Waals surface area contributed by atoms with E-state index in [-0.39, 0.29) is 31.6 Å². The second-order valence-electron chi connectivity index (χ2n) is 6.67. The summed E-state index contributed by atoms with van der Waals surface area (Å²) >= 11 is 0. The molecule has 2 aromatic rings. The van der Waals surface area contributed by atoms with Gasteiger partial charge < -0.3 is 10.1 Å². The lowest BCUT2D eigenvalue weighted by atomic mass is 9.97. The average molecular weight is 446 g/mol. The highest BCUT2D eigenvalue weighted by atomic mass is 32.2. The van der Waals surface area contributed by atoms with Gasteiger partial charge in [-0.3, -0.25) is 4.79 Å². The van der Waals surface area contributed by atoms with E-state index in [0.717, 1.165) is 22.5 Å². The van der Waals surface area contributed by atoms with Crippen molar-refractivity contribution in [1.82, 2.24) is 4.31 Å². The molecule has 0 radical (unpaired) electrons. The van der Waals surface area contributed by atoms with E-state index in [1.807, 2.05) is 0 Å². The maximum absolute atomic E-state index is 13.9. The first-order valence-corrected chi connectivity index (χ1v) is 10.4. The van der Waals surface area contributed by atoms with Gasteiger partial charge in [-0.2, -0.15) is 4.31 Å². The molecule has 1 fully saturated rings. The molecule has 0 spiro atoms. The van der Waals surface area contributed by atoms with Crippen LogP contribution < -0.4 is 10.1 Å². The van der Waals surface area contributed by atoms with Crippen molar-refractivity contribution >= 4 is 21.6 Å². The highest BCUT2D eigenvalue weighted by Crippen LogP contribution is 2.28. The van der Waals surface area contributed by atoms with Gasteiger partial charge in [0, 0.05) is 30.8 Å². The molecule has 11 heteroatoms. The number of ether oxygens (including phenoxy) is 1. The van der Waals surface area contributed by atoms with Crippen LogP contribution in [0.1, 0.15) is 12.8 Å². The highest BCUT2D eigenvalue weighted by Gasteiger charge is 2.34. The summed E-state index contributed by atoms with van der Waals surface area (Å²) in [4.78, 5) is 12.0. The van der Waals surface area contributed by atoms with Gasteiger partial charge in [0.15, 0.2) is 0 Å². The Bertz CT molecular complexity index is 1020. The minimum atomic E-state index is -4.85. The first-order valence-electron chi connectivity index (χ1n) is 8.97. The number of carbonyl (C=O) groups is 1. The predicted octanol–water partition coefficient (Wildman–Crippen LogP) is 3.76. The lowest BCUT2D eigenvalue weighted by Crippen LogP contribution is -2.41. The van der Waals surface area contributed by atoms with E-state index in [4.69, 9.17) is 0 Å². The van der Waals surface area contributed by atoms with Crippen LogP contribution in [0.3, 0.4) is 0 Å². The van der Waals surface area contributed by atoms with Crippen molar-refractivity contribution in [2.24, 2.45) is 5.92 Å². The lowest BCUT2D eigenvalue weighted by Gasteiger charge is -2.30. The second kappa shape index (κ2) is 8.60. The van der Waals surface area contributed by atoms with Gasteiger partial charge in [-0.1, -0.05) is 18.2 Å². The molecular formula is C19H18F4N2O4S. The van der Waals surface area contributed by atoms with Gasteiger partial charge in [0.1, 0.15) is 16.5 Å². The molecule has 1 amide bonds. The Kier molecular flexibility index (Phi) is 6.32. The minimum absolute atomic E-state index is 0.0198. The predicted molar refractivity (Wildman–Crippen MR) is 99.6 cm³/mol. The Labute approximate surface area is 170 Å². The zero-order chi connectivity index (χ0) is 21.9. The highest BCUT2D eigenvalue weighted by molar-refractivity contribution is 7.89. The number of carbonyl (C=O) groups excluding carboxylic acids is 1. The molecule has 0 saturated carbocycles. The number of hydrogen-bond acceptors (Lipinski definition) is 4. The number of nitrogens with zero attached hydrogens (tertiary/aromatic N) is 1. The quantitative estimate of drug-likeness (QED) is 0.710. The molecule has 0 unspecified atom stereocenters. The van der Waals surface area contributed by atoms with Gasteiger partial charge in [0.05, 0.1) is 0 Å². The Morgan fingerprint density at radius 2 is 1.73 bits per heavy atom. The Balaban J connectivity index is 1.61. The topological polar surface area (TPSA) is 75.7 Å². The molecule has 0 aliphatic carbocycles. The minimum Gasteiger partial charge on any atom is -0.406 e. The van der Waals surface area contributed by atoms with Crippen LogP contribution in [-0.4, -0.2) is 38.1 Å². The Morgan fingerprint density at radius 3 is 2.37 bits per heavy atom. The van der Waals surface area contributed by atoms with E-state index in [1.165, 1.54) is 30.3 Å². The fraction of sp³-hybridized carbons (Fsp3) is 0.316. The van der Waals surface area contributed by atoms with Gasteiger partial charge in [-0.15, -0.1) is 13.2 Å². The number of halogens is 4. The first-order chi connectivity index (χ1) is 14.1. The van der Waals surface area contributed by atoms with Gasteiger partial charge in [0.25, 0.3) is 0 Å². The molecule has 1 aliphatic rings. The third-order valence-corrected chi connectivity index (χ3v) is 6.55. The summed E-state index contributed by atoms with van der Waals surface area (Å²) in [6, 6.07) is 9.92. The van der Waals surface area contributed by atoms with Crippen molar-refractivity contribution in [2.75, 3.05) is 18.4 Å². The summed E-state index contributed by atoms with van der Waals surface area (Å²) in [5.41, 5.74) is 0.128. The van der Waals surface area contributed by atoms with Crippen LogP contribution in [0, 0.1) is 11.7 Å². The van der Waals surface area contributed by atoms with Crippen molar-refractivity contribution in [1.29, 1.82) is 0 Å². The van der Waals surface area contributed by atoms with Crippen LogP contribution in [0.5, 0.6) is 5.75 Å². The number of sulfonamides is 1. The zero-order valence-corrected chi connectivity index (χ0v) is 16.3. The molecule has 0 bridgehead atoms. The standard InChI is InChI=1S/C19H18F4N2O4S/c20-16-6-1-2-7-17(16)30(27,28)25-10-8-13(9-11-25)18(26)24-14-4-3-5-15(12-14)29-19(21,22)23/h1-7,12-13H,8-11H2,(H,24,26). The molecule has 3 rings (SSSR count). The number of hydrogen-bond donors (Lipinski definition) is 1. The van der Waals surface area contributed by atoms with Crippen molar-refractivity contribution in [3.63, 3.8) is 0 Å². The van der Waals surface area contributed by atoms with Crippen molar-refractivity contribution in [3.05, 3.63) is 54.3 Å². The van der Waals surface area contributed by atoms with Gasteiger partial charge in [-0.05, 0) is 37.1 Å². The second-order valence-corrected chi connectivity index (χ2v) is 8.58. The summed E-state index contributed by atoms with van der Waals surface area (Å²) in [6.07, 6.45) is -4.46. The first kappa shape index (κ1) is 22.0. The van der Waals surface area contributed by atoms with E-state index in [9.17, 15) is 30.8 Å². The molecule has 162 valence electrons. The van der Waals surface area contributed by atoms with E-state index < -0.39 is 44.7 Å². The molecule has 2 aromatic carbocycles. The molecule has 1 aliphatic heterocycles. The van der Waals surface area contributed by atoms with E-state index in [0.29, 0.717) is 0 Å². The molecule has 1 heterocycles. The van der Waals surface area contributed by atoms with Crippen LogP contribution in [0.25, 0.3) is 0 Å². The number of rotatable bonds is 5. The molecular weight excluding hydrogens is 428 g/mol. The molecule has 0 aromatic heterocycles. The molecule has 30 heavy (non-hydrogen) atoms. The van der Waals surface area contributed by atoms with Gasteiger partial charge >= 0.3 is 6.36 Å². The van der Waals surface area contributed by atoms with Crippen molar-refractivity contribution in [2.45, 2.75) is 24.1 Å². The zero-order valence-electron chi connectivity index (χ0n) is 15.5. The SMILES string of the molecule is O=C(Nc1cccc(OC(F)(F)F)c1)C1CCN(S(=O)(=O)c2ccccc2F)CC1. The van der Waals surface area contributed by atoms with E-state index in [1.54, 1.807) is 0 Å². The number of nitrogens with one attached hydrogen (secondary N) is 1. The Hall–Kier alpha value is -2.66. The fourth-order valence-corrected chi connectivity index (χ4v) is 4.70. The Morgan fingerprint density at radius 1 is 1.07 bits per heavy atom. The number of alkyl halides is 3. The lowest BCUT2D eigenvalue weighted by molar-refractivity contribution is -0.274. The van der Waals surface area contributed by atoms with Crippen LogP contribution >= 0.6 is 0 Å². The van der Waals surface area contributed by atoms with Crippen LogP contribution in [0.15, 0.2) is 53.4 Å². The smallest absolute Gasteiger partial charge is 0.406 e. The van der Waals surface area contributed by atoms with Gasteiger partial charge in [-0.25, -0.2) is 12.8 Å². The number of amides is 1. The van der Waals surface area contributed by atoms with Crippen LogP contribution in [0.4, 0.5) is 23.2 Å². The third-order valence-electron chi connectivity index (χ3n) is 4.61. The van der Waals surface area contributed by atoms with Crippen LogP contribution in [0.2, 0.25) is 0 Å². The largest absolute Gasteiger partial charge is 0.573 e. The molecule has 1 N–H and O–H groups in total. The van der Waals surface area contributed by atoms with Crippen molar-refractivity contribution < 1.29 is 35.5 Å². The molecule has 6 nitrogen and oxygen atoms in total. The van der Waals surface area contributed by atoms with Gasteiger partial charge in [0.2, 0.25) is 15.9 Å². The number of anilines is 1. The maximum Gasteiger partial charge on any atom is 0.573 e. The summed E-state index contributed by atoms with van der Waals surface area (Å²) in [6.45, 7) is 0.0396. The third kappa shape index (κ3) is 5.28. The van der Waals surface area contributed by atoms with Crippen LogP contribution in [-0.2, 0) is 14.8 Å². The van der Waals surface area contributed by atoms with E-state index >= 15 is 0 Å². The monoisotopic (exact) mass is 446 g/mol.